The van der Waals surface area contributed by atoms with E-state index in [2.05, 4.69) is 11.8 Å². The highest BCUT2D eigenvalue weighted by atomic mass is 35.5. The van der Waals surface area contributed by atoms with Gasteiger partial charge >= 0.3 is 0 Å². The molecule has 1 heterocycles. The van der Waals surface area contributed by atoms with E-state index in [1.807, 2.05) is 0 Å². The second-order valence-corrected chi connectivity index (χ2v) is 7.19. The van der Waals surface area contributed by atoms with Crippen LogP contribution in [0.3, 0.4) is 0 Å². The van der Waals surface area contributed by atoms with Gasteiger partial charge in [0.05, 0.1) is 0 Å². The van der Waals surface area contributed by atoms with Gasteiger partial charge in [-0.25, -0.2) is 4.39 Å². The summed E-state index contributed by atoms with van der Waals surface area (Å²) in [4.78, 5) is 14.2. The SMILES string of the molecule is CC1CCC(=O)N1C1CCCC(Cc2c(F)cccc2Cl)C1. The number of amides is 1. The first-order valence-electron chi connectivity index (χ1n) is 8.30. The highest BCUT2D eigenvalue weighted by Gasteiger charge is 2.36. The molecule has 2 nitrogen and oxygen atoms in total. The maximum atomic E-state index is 14.0. The molecule has 22 heavy (non-hydrogen) atoms. The largest absolute Gasteiger partial charge is 0.337 e. The van der Waals surface area contributed by atoms with Crippen molar-refractivity contribution < 1.29 is 9.18 Å². The number of carbonyl (C=O) groups is 1. The van der Waals surface area contributed by atoms with Gasteiger partial charge in [0.2, 0.25) is 5.91 Å². The van der Waals surface area contributed by atoms with Crippen LogP contribution in [0.15, 0.2) is 18.2 Å². The molecule has 0 N–H and O–H groups in total. The molecule has 3 unspecified atom stereocenters. The van der Waals surface area contributed by atoms with Gasteiger partial charge in [-0.1, -0.05) is 24.1 Å². The molecule has 1 aromatic carbocycles. The van der Waals surface area contributed by atoms with Crippen molar-refractivity contribution in [2.75, 3.05) is 0 Å². The third-order valence-corrected chi connectivity index (χ3v) is 5.60. The van der Waals surface area contributed by atoms with Gasteiger partial charge in [-0.15, -0.1) is 0 Å². The van der Waals surface area contributed by atoms with E-state index in [1.165, 1.54) is 6.07 Å². The van der Waals surface area contributed by atoms with Crippen molar-refractivity contribution in [2.45, 2.75) is 64.0 Å². The van der Waals surface area contributed by atoms with Crippen LogP contribution in [0.1, 0.15) is 51.0 Å². The second kappa shape index (κ2) is 6.57. The van der Waals surface area contributed by atoms with Gasteiger partial charge in [0.25, 0.3) is 0 Å². The summed E-state index contributed by atoms with van der Waals surface area (Å²) in [5, 5.41) is 0.521. The Kier molecular flexibility index (Phi) is 4.72. The smallest absolute Gasteiger partial charge is 0.223 e. The van der Waals surface area contributed by atoms with Gasteiger partial charge in [0.15, 0.2) is 0 Å². The minimum Gasteiger partial charge on any atom is -0.337 e. The molecule has 0 aromatic heterocycles. The number of rotatable bonds is 3. The lowest BCUT2D eigenvalue weighted by molar-refractivity contribution is -0.131. The lowest BCUT2D eigenvalue weighted by Gasteiger charge is -2.38. The summed E-state index contributed by atoms with van der Waals surface area (Å²) in [6.07, 6.45) is 6.59. The second-order valence-electron chi connectivity index (χ2n) is 6.78. The van der Waals surface area contributed by atoms with Crippen molar-refractivity contribution in [3.8, 4) is 0 Å². The summed E-state index contributed by atoms with van der Waals surface area (Å²) >= 11 is 6.15. The first kappa shape index (κ1) is 15.8. The van der Waals surface area contributed by atoms with E-state index < -0.39 is 0 Å². The van der Waals surface area contributed by atoms with Crippen LogP contribution in [0.2, 0.25) is 5.02 Å². The van der Waals surface area contributed by atoms with Crippen molar-refractivity contribution >= 4 is 17.5 Å². The van der Waals surface area contributed by atoms with Crippen LogP contribution < -0.4 is 0 Å². The molecule has 0 radical (unpaired) electrons. The molecule has 2 aliphatic rings. The number of nitrogens with zero attached hydrogens (tertiary/aromatic N) is 1. The van der Waals surface area contributed by atoms with Crippen molar-refractivity contribution in [1.29, 1.82) is 0 Å². The summed E-state index contributed by atoms with van der Waals surface area (Å²) in [5.41, 5.74) is 0.635. The van der Waals surface area contributed by atoms with E-state index in [9.17, 15) is 9.18 Å². The zero-order chi connectivity index (χ0) is 15.7. The molecule has 1 aromatic rings. The fraction of sp³-hybridized carbons (Fsp3) is 0.611. The highest BCUT2D eigenvalue weighted by molar-refractivity contribution is 6.31. The average Bonchev–Trinajstić information content (AvgIpc) is 2.83. The molecule has 4 heteroatoms. The quantitative estimate of drug-likeness (QED) is 0.796. The number of hydrogen-bond donors (Lipinski definition) is 0. The number of halogens is 2. The van der Waals surface area contributed by atoms with Crippen molar-refractivity contribution in [3.63, 3.8) is 0 Å². The van der Waals surface area contributed by atoms with Crippen LogP contribution in [0.4, 0.5) is 4.39 Å². The average molecular weight is 324 g/mol. The number of likely N-dealkylation sites (tertiary alicyclic amines) is 1. The Labute approximate surface area is 136 Å². The molecule has 3 rings (SSSR count). The van der Waals surface area contributed by atoms with Crippen LogP contribution in [0, 0.1) is 11.7 Å². The Morgan fingerprint density at radius 3 is 2.82 bits per heavy atom. The summed E-state index contributed by atoms with van der Waals surface area (Å²) < 4.78 is 14.0. The van der Waals surface area contributed by atoms with Gasteiger partial charge in [-0.2, -0.15) is 0 Å². The molecule has 1 aliphatic heterocycles. The van der Waals surface area contributed by atoms with Gasteiger partial charge < -0.3 is 4.90 Å². The minimum absolute atomic E-state index is 0.208. The van der Waals surface area contributed by atoms with Crippen LogP contribution in [-0.4, -0.2) is 22.9 Å². The number of carbonyl (C=O) groups excluding carboxylic acids is 1. The molecule has 1 aliphatic carbocycles. The van der Waals surface area contributed by atoms with Crippen LogP contribution in [-0.2, 0) is 11.2 Å². The van der Waals surface area contributed by atoms with Crippen LogP contribution in [0.25, 0.3) is 0 Å². The Hall–Kier alpha value is -1.09. The molecular formula is C18H23ClFNO. The molecule has 2 fully saturated rings. The van der Waals surface area contributed by atoms with E-state index in [-0.39, 0.29) is 5.82 Å². The Morgan fingerprint density at radius 2 is 2.14 bits per heavy atom. The monoisotopic (exact) mass is 323 g/mol. The Balaban J connectivity index is 1.70. The topological polar surface area (TPSA) is 20.3 Å². The molecule has 3 atom stereocenters. The lowest BCUT2D eigenvalue weighted by Crippen LogP contribution is -2.43. The third kappa shape index (κ3) is 3.15. The van der Waals surface area contributed by atoms with Crippen molar-refractivity contribution in [1.82, 2.24) is 4.90 Å². The molecule has 1 saturated heterocycles. The van der Waals surface area contributed by atoms with Gasteiger partial charge in [0, 0.05) is 29.1 Å². The fourth-order valence-corrected chi connectivity index (χ4v) is 4.37. The van der Waals surface area contributed by atoms with Crippen LogP contribution in [0.5, 0.6) is 0 Å². The first-order valence-corrected chi connectivity index (χ1v) is 8.68. The van der Waals surface area contributed by atoms with Gasteiger partial charge in [-0.05, 0) is 57.1 Å². The molecule has 1 amide bonds. The maximum absolute atomic E-state index is 14.0. The van der Waals surface area contributed by atoms with E-state index in [4.69, 9.17) is 11.6 Å². The Bertz CT molecular complexity index is 542. The maximum Gasteiger partial charge on any atom is 0.223 e. The lowest BCUT2D eigenvalue weighted by atomic mass is 9.81. The molecule has 120 valence electrons. The van der Waals surface area contributed by atoms with Crippen LogP contribution >= 0.6 is 11.6 Å². The van der Waals surface area contributed by atoms with Crippen molar-refractivity contribution in [2.24, 2.45) is 5.92 Å². The van der Waals surface area contributed by atoms with E-state index >= 15 is 0 Å². The number of benzene rings is 1. The zero-order valence-electron chi connectivity index (χ0n) is 13.0. The molecule has 1 saturated carbocycles. The van der Waals surface area contributed by atoms with E-state index in [1.54, 1.807) is 12.1 Å². The standard InChI is InChI=1S/C18H23ClFNO/c1-12-8-9-18(22)21(12)14-5-2-4-13(10-14)11-15-16(19)6-3-7-17(15)20/h3,6-7,12-14H,2,4-5,8-11H2,1H3. The highest BCUT2D eigenvalue weighted by Crippen LogP contribution is 2.35. The third-order valence-electron chi connectivity index (χ3n) is 5.24. The predicted molar refractivity (Wildman–Crippen MR) is 86.4 cm³/mol. The normalized spacial score (nSPS) is 29.1. The summed E-state index contributed by atoms with van der Waals surface area (Å²) in [7, 11) is 0. The fourth-order valence-electron chi connectivity index (χ4n) is 4.13. The van der Waals surface area contributed by atoms with Crippen molar-refractivity contribution in [3.05, 3.63) is 34.6 Å². The van der Waals surface area contributed by atoms with Gasteiger partial charge in [-0.3, -0.25) is 4.79 Å². The summed E-state index contributed by atoms with van der Waals surface area (Å²) in [5.74, 6) is 0.496. The first-order chi connectivity index (χ1) is 10.6. The van der Waals surface area contributed by atoms with Gasteiger partial charge in [0.1, 0.15) is 5.82 Å². The number of hydrogen-bond acceptors (Lipinski definition) is 1. The molecular weight excluding hydrogens is 301 g/mol. The van der Waals surface area contributed by atoms with E-state index in [0.29, 0.717) is 47.3 Å². The molecule has 0 bridgehead atoms. The predicted octanol–water partition coefficient (Wildman–Crippen LogP) is 4.59. The minimum atomic E-state index is -0.208. The Morgan fingerprint density at radius 1 is 1.32 bits per heavy atom. The van der Waals surface area contributed by atoms with E-state index in [0.717, 1.165) is 32.1 Å². The zero-order valence-corrected chi connectivity index (χ0v) is 13.8. The summed E-state index contributed by atoms with van der Waals surface area (Å²) in [6, 6.07) is 5.57. The summed E-state index contributed by atoms with van der Waals surface area (Å²) in [6.45, 7) is 2.14. The molecule has 0 spiro atoms.